The van der Waals surface area contributed by atoms with Crippen molar-refractivity contribution >= 4 is 28.6 Å². The minimum absolute atomic E-state index is 0.0851. The molecule has 1 aromatic carbocycles. The van der Waals surface area contributed by atoms with Crippen LogP contribution in [0, 0.1) is 0 Å². The number of nitrogens with zero attached hydrogens (tertiary/aromatic N) is 3. The monoisotopic (exact) mass is 277 g/mol. The summed E-state index contributed by atoms with van der Waals surface area (Å²) in [5.41, 5.74) is 8.54. The van der Waals surface area contributed by atoms with Gasteiger partial charge in [0.2, 0.25) is 11.0 Å². The second-order valence-corrected chi connectivity index (χ2v) is 4.69. The highest BCUT2D eigenvalue weighted by molar-refractivity contribution is 7.15. The lowest BCUT2D eigenvalue weighted by Crippen LogP contribution is -2.19. The Balaban J connectivity index is 1.84. The number of carbonyl (C=O) groups is 1. The molecular weight excluding hydrogens is 266 g/mol. The second kappa shape index (κ2) is 5.91. The molecule has 1 aromatic heterocycles. The maximum atomic E-state index is 11.5. The van der Waals surface area contributed by atoms with E-state index in [0.29, 0.717) is 10.1 Å². The van der Waals surface area contributed by atoms with Gasteiger partial charge in [0.1, 0.15) is 10.8 Å². The molecule has 0 bridgehead atoms. The number of nitrogens with two attached hydrogens (primary N) is 1. The van der Waals surface area contributed by atoms with E-state index in [4.69, 9.17) is 10.8 Å². The van der Waals surface area contributed by atoms with Crippen molar-refractivity contribution in [2.45, 2.75) is 6.42 Å². The number of amides is 1. The third-order valence-electron chi connectivity index (χ3n) is 2.09. The van der Waals surface area contributed by atoms with E-state index in [0.717, 1.165) is 16.9 Å². The van der Waals surface area contributed by atoms with Crippen LogP contribution < -0.4 is 11.2 Å². The molecule has 0 saturated heterocycles. The Labute approximate surface area is 112 Å². The van der Waals surface area contributed by atoms with E-state index in [9.17, 15) is 4.79 Å². The highest BCUT2D eigenvalue weighted by Gasteiger charge is 2.06. The molecule has 0 atom stereocenters. The fourth-order valence-corrected chi connectivity index (χ4v) is 1.86. The number of hydrogen-bond donors (Lipinski definition) is 3. The van der Waals surface area contributed by atoms with Crippen LogP contribution in [-0.4, -0.2) is 27.4 Å². The van der Waals surface area contributed by atoms with E-state index in [-0.39, 0.29) is 18.1 Å². The largest absolute Gasteiger partial charge is 0.508 e. The predicted octanol–water partition coefficient (Wildman–Crippen LogP) is 0.519. The molecule has 0 spiro atoms. The normalized spacial score (nSPS) is 10.7. The van der Waals surface area contributed by atoms with E-state index < -0.39 is 0 Å². The quantitative estimate of drug-likeness (QED) is 0.557. The number of nitrogen functional groups attached to an aromatic ring is 1. The number of rotatable bonds is 4. The smallest absolute Gasteiger partial charge is 0.247 e. The molecule has 7 nitrogen and oxygen atoms in total. The van der Waals surface area contributed by atoms with Crippen molar-refractivity contribution in [1.29, 1.82) is 0 Å². The van der Waals surface area contributed by atoms with Gasteiger partial charge in [0.05, 0.1) is 12.6 Å². The van der Waals surface area contributed by atoms with E-state index >= 15 is 0 Å². The molecule has 98 valence electrons. The van der Waals surface area contributed by atoms with Gasteiger partial charge >= 0.3 is 0 Å². The van der Waals surface area contributed by atoms with E-state index in [1.54, 1.807) is 12.1 Å². The van der Waals surface area contributed by atoms with Gasteiger partial charge < -0.3 is 10.8 Å². The lowest BCUT2D eigenvalue weighted by atomic mass is 10.2. The van der Waals surface area contributed by atoms with Gasteiger partial charge in [-0.05, 0) is 29.8 Å². The molecule has 0 aliphatic rings. The number of aromatic hydroxyl groups is 1. The van der Waals surface area contributed by atoms with Gasteiger partial charge in [0, 0.05) is 0 Å². The summed E-state index contributed by atoms with van der Waals surface area (Å²) in [6.07, 6.45) is 1.56. The van der Waals surface area contributed by atoms with Gasteiger partial charge in [-0.1, -0.05) is 11.3 Å². The molecule has 0 saturated carbocycles. The number of nitrogens with one attached hydrogen (secondary N) is 1. The van der Waals surface area contributed by atoms with Crippen LogP contribution in [0.15, 0.2) is 29.4 Å². The average Bonchev–Trinajstić information content (AvgIpc) is 2.77. The molecular formula is C11H11N5O2S. The molecule has 8 heteroatoms. The zero-order chi connectivity index (χ0) is 13.7. The summed E-state index contributed by atoms with van der Waals surface area (Å²) in [5, 5.41) is 21.1. The molecule has 2 aromatic rings. The SMILES string of the molecule is Nc1nnc(CC(=O)N/N=C/c2ccc(O)cc2)s1. The van der Waals surface area contributed by atoms with Gasteiger partial charge in [-0.25, -0.2) is 5.43 Å². The first-order chi connectivity index (χ1) is 9.13. The first kappa shape index (κ1) is 13.0. The highest BCUT2D eigenvalue weighted by atomic mass is 32.1. The Morgan fingerprint density at radius 1 is 1.42 bits per heavy atom. The van der Waals surface area contributed by atoms with Crippen molar-refractivity contribution in [2.24, 2.45) is 5.10 Å². The number of carbonyl (C=O) groups excluding carboxylic acids is 1. The molecule has 19 heavy (non-hydrogen) atoms. The molecule has 0 aliphatic heterocycles. The Bertz CT molecular complexity index is 593. The van der Waals surface area contributed by atoms with Crippen LogP contribution in [0.2, 0.25) is 0 Å². The number of phenolic OH excluding ortho intramolecular Hbond substituents is 1. The molecule has 0 aliphatic carbocycles. The zero-order valence-electron chi connectivity index (χ0n) is 9.78. The van der Waals surface area contributed by atoms with Gasteiger partial charge in [-0.3, -0.25) is 4.79 Å². The van der Waals surface area contributed by atoms with Gasteiger partial charge in [0.15, 0.2) is 0 Å². The molecule has 1 amide bonds. The third-order valence-corrected chi connectivity index (χ3v) is 2.84. The minimum atomic E-state index is -0.300. The Morgan fingerprint density at radius 2 is 2.16 bits per heavy atom. The Kier molecular flexibility index (Phi) is 4.04. The van der Waals surface area contributed by atoms with Crippen LogP contribution in [0.5, 0.6) is 5.75 Å². The highest BCUT2D eigenvalue weighted by Crippen LogP contribution is 2.11. The molecule has 0 fully saturated rings. The summed E-state index contributed by atoms with van der Waals surface area (Å²) in [6, 6.07) is 6.42. The number of phenols is 1. The number of anilines is 1. The molecule has 1 heterocycles. The summed E-state index contributed by atoms with van der Waals surface area (Å²) >= 11 is 1.16. The lowest BCUT2D eigenvalue weighted by molar-refractivity contribution is -0.120. The first-order valence-corrected chi connectivity index (χ1v) is 6.14. The van der Waals surface area contributed by atoms with Crippen molar-refractivity contribution in [1.82, 2.24) is 15.6 Å². The van der Waals surface area contributed by atoms with Crippen LogP contribution in [0.25, 0.3) is 0 Å². The molecule has 2 rings (SSSR count). The summed E-state index contributed by atoms with van der Waals surface area (Å²) < 4.78 is 0. The summed E-state index contributed by atoms with van der Waals surface area (Å²) in [6.45, 7) is 0. The number of benzene rings is 1. The molecule has 0 radical (unpaired) electrons. The standard InChI is InChI=1S/C11H11N5O2S/c12-11-16-15-10(19-11)5-9(18)14-13-6-7-1-3-8(17)4-2-7/h1-4,6,17H,5H2,(H2,12,16)(H,14,18)/b13-6+. The van der Waals surface area contributed by atoms with Crippen LogP contribution in [-0.2, 0) is 11.2 Å². The summed E-state index contributed by atoms with van der Waals surface area (Å²) in [7, 11) is 0. The zero-order valence-corrected chi connectivity index (χ0v) is 10.6. The van der Waals surface area contributed by atoms with Gasteiger partial charge in [-0.15, -0.1) is 10.2 Å². The minimum Gasteiger partial charge on any atom is -0.508 e. The first-order valence-electron chi connectivity index (χ1n) is 5.32. The number of hydrazone groups is 1. The number of aromatic nitrogens is 2. The lowest BCUT2D eigenvalue weighted by Gasteiger charge is -1.96. The van der Waals surface area contributed by atoms with Crippen LogP contribution in [0.1, 0.15) is 10.6 Å². The summed E-state index contributed by atoms with van der Waals surface area (Å²) in [4.78, 5) is 11.5. The molecule has 4 N–H and O–H groups in total. The van der Waals surface area contributed by atoms with Gasteiger partial charge in [0.25, 0.3) is 0 Å². The summed E-state index contributed by atoms with van der Waals surface area (Å²) in [5.74, 6) is -0.124. The van der Waals surface area contributed by atoms with Crippen LogP contribution >= 0.6 is 11.3 Å². The Hall–Kier alpha value is -2.48. The Morgan fingerprint density at radius 3 is 2.79 bits per heavy atom. The predicted molar refractivity (Wildman–Crippen MR) is 71.9 cm³/mol. The average molecular weight is 277 g/mol. The van der Waals surface area contributed by atoms with Crippen molar-refractivity contribution in [2.75, 3.05) is 5.73 Å². The molecule has 0 unspecified atom stereocenters. The van der Waals surface area contributed by atoms with Crippen LogP contribution in [0.3, 0.4) is 0 Å². The second-order valence-electron chi connectivity index (χ2n) is 3.60. The maximum absolute atomic E-state index is 11.5. The van der Waals surface area contributed by atoms with Crippen molar-refractivity contribution in [3.8, 4) is 5.75 Å². The van der Waals surface area contributed by atoms with E-state index in [1.807, 2.05) is 0 Å². The maximum Gasteiger partial charge on any atom is 0.247 e. The van der Waals surface area contributed by atoms with Crippen molar-refractivity contribution < 1.29 is 9.90 Å². The fraction of sp³-hybridized carbons (Fsp3) is 0.0909. The fourth-order valence-electron chi connectivity index (χ4n) is 1.25. The van der Waals surface area contributed by atoms with E-state index in [2.05, 4.69) is 20.7 Å². The van der Waals surface area contributed by atoms with Crippen molar-refractivity contribution in [3.05, 3.63) is 34.8 Å². The van der Waals surface area contributed by atoms with Crippen LogP contribution in [0.4, 0.5) is 5.13 Å². The van der Waals surface area contributed by atoms with Crippen molar-refractivity contribution in [3.63, 3.8) is 0 Å². The van der Waals surface area contributed by atoms with E-state index in [1.165, 1.54) is 18.3 Å². The topological polar surface area (TPSA) is 113 Å². The number of hydrogen-bond acceptors (Lipinski definition) is 7. The van der Waals surface area contributed by atoms with Gasteiger partial charge in [-0.2, -0.15) is 5.10 Å². The third kappa shape index (κ3) is 4.03.